The molecule has 2 N–H and O–H groups in total. The Morgan fingerprint density at radius 1 is 1.53 bits per heavy atom. The van der Waals surface area contributed by atoms with Crippen LogP contribution in [0.25, 0.3) is 0 Å². The van der Waals surface area contributed by atoms with Gasteiger partial charge in [0, 0.05) is 0 Å². The fourth-order valence-corrected chi connectivity index (χ4v) is 2.57. The number of carboxylic acids is 1. The van der Waals surface area contributed by atoms with Crippen molar-refractivity contribution in [1.82, 2.24) is 0 Å². The molecule has 0 spiro atoms. The predicted octanol–water partition coefficient (Wildman–Crippen LogP) is 2.35. The highest BCUT2D eigenvalue weighted by Crippen LogP contribution is 2.40. The summed E-state index contributed by atoms with van der Waals surface area (Å²) in [5, 5.41) is 19.2. The fraction of sp³-hybridized carbons (Fsp3) is 0.750. The molecule has 0 heterocycles. The van der Waals surface area contributed by atoms with Crippen molar-refractivity contribution in [3.8, 4) is 0 Å². The molecule has 2 atom stereocenters. The monoisotopic (exact) mass is 212 g/mol. The number of hydrogen-bond acceptors (Lipinski definition) is 2. The lowest BCUT2D eigenvalue weighted by molar-refractivity contribution is -0.142. The molecule has 0 bridgehead atoms. The highest BCUT2D eigenvalue weighted by Gasteiger charge is 2.39. The van der Waals surface area contributed by atoms with E-state index in [0.717, 1.165) is 24.0 Å². The molecule has 86 valence electrons. The van der Waals surface area contributed by atoms with E-state index in [1.165, 1.54) is 0 Å². The van der Waals surface area contributed by atoms with Gasteiger partial charge in [-0.05, 0) is 44.6 Å². The Hall–Kier alpha value is -0.830. The molecule has 1 aliphatic carbocycles. The molecule has 0 aromatic carbocycles. The van der Waals surface area contributed by atoms with Gasteiger partial charge in [0.15, 0.2) is 0 Å². The van der Waals surface area contributed by atoms with Gasteiger partial charge in [-0.15, -0.1) is 0 Å². The van der Waals surface area contributed by atoms with Gasteiger partial charge in [0.25, 0.3) is 0 Å². The van der Waals surface area contributed by atoms with Crippen LogP contribution in [0.1, 0.15) is 46.5 Å². The minimum Gasteiger partial charge on any atom is -0.481 e. The summed E-state index contributed by atoms with van der Waals surface area (Å²) in [6, 6.07) is 0. The lowest BCUT2D eigenvalue weighted by Gasteiger charge is -2.38. The summed E-state index contributed by atoms with van der Waals surface area (Å²) in [5.74, 6) is -0.525. The van der Waals surface area contributed by atoms with Gasteiger partial charge in [-0.25, -0.2) is 0 Å². The Balaban J connectivity index is 2.97. The van der Waals surface area contributed by atoms with Gasteiger partial charge >= 0.3 is 5.97 Å². The number of carboxylic acid groups (broad SMARTS) is 1. The summed E-state index contributed by atoms with van der Waals surface area (Å²) in [6.07, 6.45) is 2.27. The molecule has 3 nitrogen and oxygen atoms in total. The van der Waals surface area contributed by atoms with E-state index >= 15 is 0 Å². The van der Waals surface area contributed by atoms with Gasteiger partial charge in [0.1, 0.15) is 0 Å². The smallest absolute Gasteiger partial charge is 0.306 e. The molecule has 0 amide bonds. The van der Waals surface area contributed by atoms with Crippen LogP contribution in [0.3, 0.4) is 0 Å². The second-order valence-corrected chi connectivity index (χ2v) is 4.93. The largest absolute Gasteiger partial charge is 0.481 e. The Kier molecular flexibility index (Phi) is 3.55. The third-order valence-corrected chi connectivity index (χ3v) is 3.18. The third-order valence-electron chi connectivity index (χ3n) is 3.18. The van der Waals surface area contributed by atoms with E-state index in [-0.39, 0.29) is 6.42 Å². The molecule has 15 heavy (non-hydrogen) atoms. The molecule has 3 heteroatoms. The van der Waals surface area contributed by atoms with E-state index in [2.05, 4.69) is 6.92 Å². The molecule has 0 radical (unpaired) electrons. The van der Waals surface area contributed by atoms with Crippen molar-refractivity contribution in [3.63, 3.8) is 0 Å². The summed E-state index contributed by atoms with van der Waals surface area (Å²) in [6.45, 7) is 5.95. The van der Waals surface area contributed by atoms with Gasteiger partial charge in [-0.2, -0.15) is 0 Å². The van der Waals surface area contributed by atoms with Crippen molar-refractivity contribution in [2.24, 2.45) is 5.92 Å². The number of aliphatic carboxylic acids is 1. The summed E-state index contributed by atoms with van der Waals surface area (Å²) < 4.78 is 0. The topological polar surface area (TPSA) is 57.5 Å². The highest BCUT2D eigenvalue weighted by molar-refractivity contribution is 5.69. The minimum atomic E-state index is -1.11. The van der Waals surface area contributed by atoms with Crippen LogP contribution in [0.2, 0.25) is 0 Å². The number of carbonyl (C=O) groups is 1. The molecule has 1 aliphatic rings. The van der Waals surface area contributed by atoms with Gasteiger partial charge in [-0.3, -0.25) is 4.79 Å². The number of allylic oxidation sites excluding steroid dienone is 1. The predicted molar refractivity (Wildman–Crippen MR) is 58.6 cm³/mol. The molecule has 0 aromatic heterocycles. The standard InChI is InChI=1S/C12H20O3/c1-8(2)10-5-4-9(3)6-12(10,15)7-11(13)14/h9,15H,4-7H2,1-3H3,(H,13,14)/t9-,12?/m1/s1. The zero-order valence-corrected chi connectivity index (χ0v) is 9.71. The molecule has 1 fully saturated rings. The summed E-state index contributed by atoms with van der Waals surface area (Å²) in [7, 11) is 0. The average Bonchev–Trinajstić information content (AvgIpc) is 1.99. The summed E-state index contributed by atoms with van der Waals surface area (Å²) >= 11 is 0. The lowest BCUT2D eigenvalue weighted by atomic mass is 9.72. The van der Waals surface area contributed by atoms with E-state index in [4.69, 9.17) is 5.11 Å². The van der Waals surface area contributed by atoms with E-state index in [9.17, 15) is 9.90 Å². The van der Waals surface area contributed by atoms with Crippen molar-refractivity contribution in [2.75, 3.05) is 0 Å². The van der Waals surface area contributed by atoms with Crippen LogP contribution in [0.15, 0.2) is 11.1 Å². The maximum absolute atomic E-state index is 10.8. The van der Waals surface area contributed by atoms with E-state index in [0.29, 0.717) is 12.3 Å². The van der Waals surface area contributed by atoms with Crippen LogP contribution in [0, 0.1) is 5.92 Å². The zero-order valence-electron chi connectivity index (χ0n) is 9.71. The van der Waals surface area contributed by atoms with Crippen molar-refractivity contribution in [3.05, 3.63) is 11.1 Å². The number of rotatable bonds is 2. The maximum atomic E-state index is 10.8. The van der Waals surface area contributed by atoms with Gasteiger partial charge in [0.05, 0.1) is 12.0 Å². The number of aliphatic hydroxyl groups is 1. The molecular formula is C12H20O3. The minimum absolute atomic E-state index is 0.169. The summed E-state index contributed by atoms with van der Waals surface area (Å²) in [5.41, 5.74) is 0.885. The first kappa shape index (κ1) is 12.2. The molecule has 1 rings (SSSR count). The SMILES string of the molecule is CC(C)=C1CC[C@@H](C)CC1(O)CC(=O)O. The second kappa shape index (κ2) is 4.35. The maximum Gasteiger partial charge on any atom is 0.306 e. The van der Waals surface area contributed by atoms with Crippen LogP contribution >= 0.6 is 0 Å². The van der Waals surface area contributed by atoms with Crippen molar-refractivity contribution in [1.29, 1.82) is 0 Å². The van der Waals surface area contributed by atoms with Gasteiger partial charge in [-0.1, -0.05) is 12.5 Å². The molecule has 0 saturated heterocycles. The van der Waals surface area contributed by atoms with Gasteiger partial charge in [0.2, 0.25) is 0 Å². The van der Waals surface area contributed by atoms with E-state index in [1.807, 2.05) is 13.8 Å². The molecule has 0 aromatic rings. The van der Waals surface area contributed by atoms with E-state index in [1.54, 1.807) is 0 Å². The summed E-state index contributed by atoms with van der Waals surface area (Å²) in [4.78, 5) is 10.8. The third kappa shape index (κ3) is 2.81. The van der Waals surface area contributed by atoms with Crippen LogP contribution in [0.4, 0.5) is 0 Å². The highest BCUT2D eigenvalue weighted by atomic mass is 16.4. The van der Waals surface area contributed by atoms with Crippen molar-refractivity contribution >= 4 is 5.97 Å². The normalized spacial score (nSPS) is 31.5. The van der Waals surface area contributed by atoms with Gasteiger partial charge < -0.3 is 10.2 Å². The number of hydrogen-bond donors (Lipinski definition) is 2. The van der Waals surface area contributed by atoms with E-state index < -0.39 is 11.6 Å². The first-order chi connectivity index (χ1) is 6.85. The average molecular weight is 212 g/mol. The Labute approximate surface area is 90.8 Å². The fourth-order valence-electron chi connectivity index (χ4n) is 2.57. The van der Waals surface area contributed by atoms with Crippen molar-refractivity contribution in [2.45, 2.75) is 52.1 Å². The molecule has 1 unspecified atom stereocenters. The Morgan fingerprint density at radius 3 is 2.60 bits per heavy atom. The van der Waals surface area contributed by atoms with Crippen LogP contribution in [-0.4, -0.2) is 21.8 Å². The zero-order chi connectivity index (χ0) is 11.6. The lowest BCUT2D eigenvalue weighted by Crippen LogP contribution is -2.39. The first-order valence-corrected chi connectivity index (χ1v) is 5.46. The van der Waals surface area contributed by atoms with Crippen molar-refractivity contribution < 1.29 is 15.0 Å². The molecule has 0 aliphatic heterocycles. The molecule has 1 saturated carbocycles. The Bertz CT molecular complexity index is 289. The van der Waals surface area contributed by atoms with Crippen LogP contribution in [0.5, 0.6) is 0 Å². The quantitative estimate of drug-likeness (QED) is 0.691. The molecular weight excluding hydrogens is 192 g/mol. The first-order valence-electron chi connectivity index (χ1n) is 5.46. The Morgan fingerprint density at radius 2 is 2.13 bits per heavy atom. The second-order valence-electron chi connectivity index (χ2n) is 4.93. The van der Waals surface area contributed by atoms with Crippen LogP contribution in [-0.2, 0) is 4.79 Å². The van der Waals surface area contributed by atoms with Crippen LogP contribution < -0.4 is 0 Å².